The Labute approximate surface area is 172 Å². The van der Waals surface area contributed by atoms with E-state index < -0.39 is 11.3 Å². The van der Waals surface area contributed by atoms with Gasteiger partial charge in [0.1, 0.15) is 5.41 Å². The number of methoxy groups -OCH3 is 2. The first kappa shape index (κ1) is 22.3. The molecular formula is C23H30N2O4. The molecule has 0 fully saturated rings. The Morgan fingerprint density at radius 3 is 2.14 bits per heavy atom. The van der Waals surface area contributed by atoms with Crippen LogP contribution in [0.25, 0.3) is 0 Å². The molecule has 0 aliphatic rings. The van der Waals surface area contributed by atoms with Gasteiger partial charge >= 0.3 is 0 Å². The van der Waals surface area contributed by atoms with Crippen molar-refractivity contribution in [2.45, 2.75) is 40.5 Å². The van der Waals surface area contributed by atoms with Crippen molar-refractivity contribution >= 4 is 23.2 Å². The molecule has 0 radical (unpaired) electrons. The highest BCUT2D eigenvalue weighted by atomic mass is 16.5. The molecule has 156 valence electrons. The first-order chi connectivity index (χ1) is 13.6. The van der Waals surface area contributed by atoms with Crippen LogP contribution in [0.15, 0.2) is 36.4 Å². The second-order valence-electron chi connectivity index (χ2n) is 7.80. The number of nitrogens with one attached hydrogen (secondary N) is 2. The summed E-state index contributed by atoms with van der Waals surface area (Å²) >= 11 is 0. The highest BCUT2D eigenvalue weighted by Gasteiger charge is 2.37. The van der Waals surface area contributed by atoms with Gasteiger partial charge in [0.2, 0.25) is 11.8 Å². The quantitative estimate of drug-likeness (QED) is 0.661. The van der Waals surface area contributed by atoms with Crippen LogP contribution in [0.2, 0.25) is 0 Å². The molecule has 2 N–H and O–H groups in total. The van der Waals surface area contributed by atoms with E-state index in [0.29, 0.717) is 17.2 Å². The molecule has 2 aromatic carbocycles. The van der Waals surface area contributed by atoms with Crippen LogP contribution in [0.3, 0.4) is 0 Å². The van der Waals surface area contributed by atoms with E-state index >= 15 is 0 Å². The fraction of sp³-hybridized carbons (Fsp3) is 0.391. The zero-order chi connectivity index (χ0) is 21.8. The standard InChI is InChI=1S/C23H30N2O4/c1-14(2)17-10-8-9-15(3)20(17)25-22(27)23(4,5)21(26)24-16-11-12-18(28-6)19(13-16)29-7/h8-14H,1-7H3,(H,24,26)(H,25,27). The van der Waals surface area contributed by atoms with Gasteiger partial charge in [-0.3, -0.25) is 9.59 Å². The summed E-state index contributed by atoms with van der Waals surface area (Å²) in [6.07, 6.45) is 0. The number of hydrogen-bond donors (Lipinski definition) is 2. The number of benzene rings is 2. The molecule has 2 aromatic rings. The smallest absolute Gasteiger partial charge is 0.239 e. The number of amides is 2. The Morgan fingerprint density at radius 2 is 1.55 bits per heavy atom. The lowest BCUT2D eigenvalue weighted by Crippen LogP contribution is -2.41. The Hall–Kier alpha value is -3.02. The third kappa shape index (κ3) is 4.88. The summed E-state index contributed by atoms with van der Waals surface area (Å²) in [5.74, 6) is 0.514. The molecule has 2 rings (SSSR count). The van der Waals surface area contributed by atoms with Gasteiger partial charge in [0.25, 0.3) is 0 Å². The first-order valence-corrected chi connectivity index (χ1v) is 9.56. The first-order valence-electron chi connectivity index (χ1n) is 9.56. The molecule has 0 atom stereocenters. The van der Waals surface area contributed by atoms with Crippen LogP contribution in [0.1, 0.15) is 44.7 Å². The molecule has 0 saturated carbocycles. The number of aryl methyl sites for hydroxylation is 1. The maximum Gasteiger partial charge on any atom is 0.239 e. The van der Waals surface area contributed by atoms with Gasteiger partial charge in [-0.15, -0.1) is 0 Å². The molecule has 29 heavy (non-hydrogen) atoms. The van der Waals surface area contributed by atoms with Gasteiger partial charge in [-0.1, -0.05) is 32.0 Å². The third-order valence-corrected chi connectivity index (χ3v) is 4.94. The Balaban J connectivity index is 2.22. The van der Waals surface area contributed by atoms with E-state index in [2.05, 4.69) is 24.5 Å². The second-order valence-corrected chi connectivity index (χ2v) is 7.80. The lowest BCUT2D eigenvalue weighted by molar-refractivity contribution is -0.135. The van der Waals surface area contributed by atoms with Crippen molar-refractivity contribution in [1.29, 1.82) is 0 Å². The fourth-order valence-corrected chi connectivity index (χ4v) is 2.92. The molecule has 0 aromatic heterocycles. The van der Waals surface area contributed by atoms with E-state index in [0.717, 1.165) is 16.8 Å². The molecule has 0 saturated heterocycles. The SMILES string of the molecule is COc1ccc(NC(=O)C(C)(C)C(=O)Nc2c(C)cccc2C(C)C)cc1OC. The molecule has 0 heterocycles. The molecule has 0 aliphatic heterocycles. The number of hydrogen-bond acceptors (Lipinski definition) is 4. The van der Waals surface area contributed by atoms with Crippen LogP contribution in [-0.2, 0) is 9.59 Å². The van der Waals surface area contributed by atoms with E-state index in [4.69, 9.17) is 9.47 Å². The summed E-state index contributed by atoms with van der Waals surface area (Å²) in [5.41, 5.74) is 1.99. The van der Waals surface area contributed by atoms with Gasteiger partial charge in [0, 0.05) is 17.4 Å². The van der Waals surface area contributed by atoms with Crippen molar-refractivity contribution in [3.05, 3.63) is 47.5 Å². The Kier molecular flexibility index (Phi) is 6.90. The Morgan fingerprint density at radius 1 is 0.931 bits per heavy atom. The molecule has 0 aliphatic carbocycles. The van der Waals surface area contributed by atoms with Gasteiger partial charge in [-0.2, -0.15) is 0 Å². The predicted molar refractivity (Wildman–Crippen MR) is 116 cm³/mol. The normalized spacial score (nSPS) is 11.2. The summed E-state index contributed by atoms with van der Waals surface area (Å²) in [5, 5.41) is 5.76. The topological polar surface area (TPSA) is 76.7 Å². The van der Waals surface area contributed by atoms with Gasteiger partial charge in [0.05, 0.1) is 14.2 Å². The highest BCUT2D eigenvalue weighted by Crippen LogP contribution is 2.32. The highest BCUT2D eigenvalue weighted by molar-refractivity contribution is 6.14. The molecule has 2 amide bonds. The molecular weight excluding hydrogens is 368 g/mol. The number of carbonyl (C=O) groups is 2. The third-order valence-electron chi connectivity index (χ3n) is 4.94. The Bertz CT molecular complexity index is 904. The van der Waals surface area contributed by atoms with Gasteiger partial charge in [-0.25, -0.2) is 0 Å². The molecule has 0 bridgehead atoms. The average Bonchev–Trinajstić information content (AvgIpc) is 2.68. The summed E-state index contributed by atoms with van der Waals surface area (Å²) in [7, 11) is 3.07. The zero-order valence-corrected chi connectivity index (χ0v) is 18.2. The molecule has 6 nitrogen and oxygen atoms in total. The van der Waals surface area contributed by atoms with Crippen LogP contribution < -0.4 is 20.1 Å². The number of ether oxygens (including phenoxy) is 2. The van der Waals surface area contributed by atoms with Gasteiger partial charge in [-0.05, 0) is 49.9 Å². The minimum atomic E-state index is -1.29. The van der Waals surface area contributed by atoms with Crippen molar-refractivity contribution in [2.75, 3.05) is 24.9 Å². The van der Waals surface area contributed by atoms with Crippen LogP contribution in [0.5, 0.6) is 11.5 Å². The number of carbonyl (C=O) groups excluding carboxylic acids is 2. The molecule has 0 unspecified atom stereocenters. The van der Waals surface area contributed by atoms with Gasteiger partial charge < -0.3 is 20.1 Å². The van der Waals surface area contributed by atoms with Gasteiger partial charge in [0.15, 0.2) is 11.5 Å². The van der Waals surface area contributed by atoms with Crippen molar-refractivity contribution in [3.8, 4) is 11.5 Å². The minimum Gasteiger partial charge on any atom is -0.493 e. The van der Waals surface area contributed by atoms with Crippen molar-refractivity contribution in [1.82, 2.24) is 0 Å². The van der Waals surface area contributed by atoms with E-state index in [1.807, 2.05) is 25.1 Å². The second kappa shape index (κ2) is 8.99. The number of anilines is 2. The van der Waals surface area contributed by atoms with E-state index in [9.17, 15) is 9.59 Å². The number of rotatable bonds is 7. The van der Waals surface area contributed by atoms with E-state index in [-0.39, 0.29) is 11.8 Å². The average molecular weight is 399 g/mol. The summed E-state index contributed by atoms with van der Waals surface area (Å²) in [4.78, 5) is 25.9. The maximum atomic E-state index is 13.0. The number of para-hydroxylation sites is 1. The fourth-order valence-electron chi connectivity index (χ4n) is 2.92. The van der Waals surface area contributed by atoms with Crippen LogP contribution in [0.4, 0.5) is 11.4 Å². The van der Waals surface area contributed by atoms with Crippen LogP contribution >= 0.6 is 0 Å². The van der Waals surface area contributed by atoms with Crippen LogP contribution in [-0.4, -0.2) is 26.0 Å². The van der Waals surface area contributed by atoms with Crippen molar-refractivity contribution < 1.29 is 19.1 Å². The van der Waals surface area contributed by atoms with Crippen molar-refractivity contribution in [2.24, 2.45) is 5.41 Å². The van der Waals surface area contributed by atoms with Crippen molar-refractivity contribution in [3.63, 3.8) is 0 Å². The van der Waals surface area contributed by atoms with Crippen LogP contribution in [0, 0.1) is 12.3 Å². The lowest BCUT2D eigenvalue weighted by atomic mass is 9.90. The summed E-state index contributed by atoms with van der Waals surface area (Å²) in [6.45, 7) is 9.29. The maximum absolute atomic E-state index is 13.0. The minimum absolute atomic E-state index is 0.244. The predicted octanol–water partition coefficient (Wildman–Crippen LogP) is 4.74. The zero-order valence-electron chi connectivity index (χ0n) is 18.2. The van der Waals surface area contributed by atoms with E-state index in [1.54, 1.807) is 39.2 Å². The summed E-state index contributed by atoms with van der Waals surface area (Å²) < 4.78 is 10.5. The largest absolute Gasteiger partial charge is 0.493 e. The monoisotopic (exact) mass is 398 g/mol. The summed E-state index contributed by atoms with van der Waals surface area (Å²) in [6, 6.07) is 11.0. The lowest BCUT2D eigenvalue weighted by Gasteiger charge is -2.25. The molecule has 0 spiro atoms. The molecule has 6 heteroatoms. The van der Waals surface area contributed by atoms with E-state index in [1.165, 1.54) is 7.11 Å².